The fraction of sp³-hybridized carbons (Fsp3) is 0.294. The molecule has 0 amide bonds. The molecule has 0 bridgehead atoms. The fourth-order valence-corrected chi connectivity index (χ4v) is 4.60. The molecule has 3 aromatic rings. The standard InChI is InChI=1S/C17H16FN3O4S/c18-12-3-5-14(6-4-12)25-10-16-19-17(15-2-1-8-24-15)20-21(16)13-7-9-26(22,23)11-13/h1-6,8,13H,7,9-11H2/t13-/m0/s1. The minimum Gasteiger partial charge on any atom is -0.486 e. The molecule has 4 rings (SSSR count). The van der Waals surface area contributed by atoms with Gasteiger partial charge in [-0.25, -0.2) is 22.5 Å². The number of aromatic nitrogens is 3. The van der Waals surface area contributed by atoms with Crippen molar-refractivity contribution >= 4 is 9.84 Å². The molecule has 1 aliphatic heterocycles. The molecule has 0 saturated carbocycles. The number of furan rings is 1. The molecule has 1 saturated heterocycles. The molecule has 1 aliphatic rings. The lowest BCUT2D eigenvalue weighted by atomic mass is 10.3. The van der Waals surface area contributed by atoms with Gasteiger partial charge in [-0.2, -0.15) is 0 Å². The van der Waals surface area contributed by atoms with Crippen molar-refractivity contribution in [3.63, 3.8) is 0 Å². The maximum atomic E-state index is 13.0. The number of hydrogen-bond acceptors (Lipinski definition) is 6. The topological polar surface area (TPSA) is 87.2 Å². The van der Waals surface area contributed by atoms with E-state index in [0.717, 1.165) is 0 Å². The van der Waals surface area contributed by atoms with Gasteiger partial charge in [-0.1, -0.05) is 0 Å². The van der Waals surface area contributed by atoms with Crippen molar-refractivity contribution in [3.8, 4) is 17.3 Å². The first-order valence-electron chi connectivity index (χ1n) is 8.08. The van der Waals surface area contributed by atoms with Gasteiger partial charge >= 0.3 is 0 Å². The first-order valence-corrected chi connectivity index (χ1v) is 9.90. The molecule has 0 spiro atoms. The van der Waals surface area contributed by atoms with Gasteiger partial charge in [-0.15, -0.1) is 5.10 Å². The summed E-state index contributed by atoms with van der Waals surface area (Å²) in [5.41, 5.74) is 0. The van der Waals surface area contributed by atoms with Crippen LogP contribution >= 0.6 is 0 Å². The van der Waals surface area contributed by atoms with Crippen LogP contribution in [0.2, 0.25) is 0 Å². The van der Waals surface area contributed by atoms with E-state index in [-0.39, 0.29) is 30.0 Å². The van der Waals surface area contributed by atoms with E-state index in [9.17, 15) is 12.8 Å². The Kier molecular flexibility index (Phi) is 4.23. The quantitative estimate of drug-likeness (QED) is 0.679. The van der Waals surface area contributed by atoms with Gasteiger partial charge in [-0.3, -0.25) is 0 Å². The highest BCUT2D eigenvalue weighted by Gasteiger charge is 2.32. The maximum absolute atomic E-state index is 13.0. The van der Waals surface area contributed by atoms with E-state index in [1.165, 1.54) is 30.5 Å². The van der Waals surface area contributed by atoms with E-state index in [1.54, 1.807) is 16.8 Å². The summed E-state index contributed by atoms with van der Waals surface area (Å²) in [5, 5.41) is 4.43. The minimum atomic E-state index is -3.07. The number of benzene rings is 1. The molecular formula is C17H16FN3O4S. The molecule has 0 N–H and O–H groups in total. The van der Waals surface area contributed by atoms with E-state index >= 15 is 0 Å². The number of rotatable bonds is 5. The molecule has 26 heavy (non-hydrogen) atoms. The third-order valence-electron chi connectivity index (χ3n) is 4.18. The summed E-state index contributed by atoms with van der Waals surface area (Å²) >= 11 is 0. The smallest absolute Gasteiger partial charge is 0.217 e. The molecule has 7 nitrogen and oxygen atoms in total. The zero-order chi connectivity index (χ0) is 18.1. The average molecular weight is 377 g/mol. The Labute approximate surface area is 149 Å². The Bertz CT molecular complexity index is 997. The van der Waals surface area contributed by atoms with Gasteiger partial charge in [0.15, 0.2) is 21.4 Å². The first-order chi connectivity index (χ1) is 12.5. The molecule has 9 heteroatoms. The summed E-state index contributed by atoms with van der Waals surface area (Å²) in [4.78, 5) is 4.44. The van der Waals surface area contributed by atoms with Crippen molar-refractivity contribution in [2.24, 2.45) is 0 Å². The Morgan fingerprint density at radius 2 is 2.08 bits per heavy atom. The highest BCUT2D eigenvalue weighted by Crippen LogP contribution is 2.27. The molecule has 136 valence electrons. The summed E-state index contributed by atoms with van der Waals surface area (Å²) in [6.45, 7) is 0.0793. The van der Waals surface area contributed by atoms with Gasteiger partial charge in [-0.05, 0) is 42.8 Å². The predicted molar refractivity (Wildman–Crippen MR) is 90.8 cm³/mol. The number of ether oxygens (including phenoxy) is 1. The molecule has 0 radical (unpaired) electrons. The lowest BCUT2D eigenvalue weighted by molar-refractivity contribution is 0.280. The molecule has 0 unspecified atom stereocenters. The number of nitrogens with zero attached hydrogens (tertiary/aromatic N) is 3. The van der Waals surface area contributed by atoms with Crippen LogP contribution in [0.5, 0.6) is 5.75 Å². The normalized spacial score (nSPS) is 18.9. The number of hydrogen-bond donors (Lipinski definition) is 0. The van der Waals surface area contributed by atoms with Gasteiger partial charge in [0.05, 0.1) is 23.8 Å². The first kappa shape index (κ1) is 16.8. The van der Waals surface area contributed by atoms with Crippen molar-refractivity contribution in [1.82, 2.24) is 14.8 Å². The highest BCUT2D eigenvalue weighted by atomic mass is 32.2. The van der Waals surface area contributed by atoms with Crippen molar-refractivity contribution < 1.29 is 22.0 Å². The SMILES string of the molecule is O=S1(=O)CC[C@H](n2nc(-c3ccco3)nc2COc2ccc(F)cc2)C1. The second-order valence-corrected chi connectivity index (χ2v) is 8.30. The Morgan fingerprint density at radius 3 is 2.73 bits per heavy atom. The number of sulfone groups is 1. The van der Waals surface area contributed by atoms with Crippen molar-refractivity contribution in [3.05, 3.63) is 54.3 Å². The predicted octanol–water partition coefficient (Wildman–Crippen LogP) is 2.62. The third kappa shape index (κ3) is 3.48. The van der Waals surface area contributed by atoms with E-state index < -0.39 is 9.84 Å². The Morgan fingerprint density at radius 1 is 1.27 bits per heavy atom. The van der Waals surface area contributed by atoms with Crippen LogP contribution in [0.15, 0.2) is 47.1 Å². The largest absolute Gasteiger partial charge is 0.486 e. The summed E-state index contributed by atoms with van der Waals surface area (Å²) in [6.07, 6.45) is 2.00. The fourth-order valence-electron chi connectivity index (χ4n) is 2.90. The van der Waals surface area contributed by atoms with Crippen molar-refractivity contribution in [2.45, 2.75) is 19.1 Å². The Hall–Kier alpha value is -2.68. The molecular weight excluding hydrogens is 361 g/mol. The summed E-state index contributed by atoms with van der Waals surface area (Å²) < 4.78 is 49.2. The molecule has 1 aromatic carbocycles. The molecule has 1 fully saturated rings. The van der Waals surface area contributed by atoms with Crippen LogP contribution in [0.1, 0.15) is 18.3 Å². The molecule has 2 aromatic heterocycles. The molecule has 1 atom stereocenters. The summed E-state index contributed by atoms with van der Waals surface area (Å²) in [6, 6.07) is 8.81. The third-order valence-corrected chi connectivity index (χ3v) is 5.93. The maximum Gasteiger partial charge on any atom is 0.217 e. The van der Waals surface area contributed by atoms with Crippen LogP contribution in [-0.2, 0) is 16.4 Å². The minimum absolute atomic E-state index is 0.0253. The van der Waals surface area contributed by atoms with Gasteiger partial charge in [0.2, 0.25) is 5.82 Å². The second-order valence-electron chi connectivity index (χ2n) is 6.07. The van der Waals surface area contributed by atoms with Crippen LogP contribution in [0.25, 0.3) is 11.6 Å². The molecule has 0 aliphatic carbocycles. The van der Waals surface area contributed by atoms with E-state index in [1.807, 2.05) is 0 Å². The van der Waals surface area contributed by atoms with Gasteiger partial charge in [0.25, 0.3) is 0 Å². The lowest BCUT2D eigenvalue weighted by Gasteiger charge is -2.12. The van der Waals surface area contributed by atoms with Crippen LogP contribution in [0.3, 0.4) is 0 Å². The zero-order valence-electron chi connectivity index (χ0n) is 13.7. The average Bonchev–Trinajstić information content (AvgIpc) is 3.33. The summed E-state index contributed by atoms with van der Waals surface area (Å²) in [7, 11) is -3.07. The number of halogens is 1. The van der Waals surface area contributed by atoms with E-state index in [4.69, 9.17) is 9.15 Å². The summed E-state index contributed by atoms with van der Waals surface area (Å²) in [5.74, 6) is 1.65. The van der Waals surface area contributed by atoms with Crippen molar-refractivity contribution in [2.75, 3.05) is 11.5 Å². The van der Waals surface area contributed by atoms with Crippen LogP contribution in [0, 0.1) is 5.82 Å². The van der Waals surface area contributed by atoms with Crippen molar-refractivity contribution in [1.29, 1.82) is 0 Å². The molecule has 3 heterocycles. The van der Waals surface area contributed by atoms with Gasteiger partial charge in [0.1, 0.15) is 18.2 Å². The lowest BCUT2D eigenvalue weighted by Crippen LogP contribution is -2.16. The van der Waals surface area contributed by atoms with Crippen LogP contribution in [0.4, 0.5) is 4.39 Å². The Balaban J connectivity index is 1.62. The monoisotopic (exact) mass is 377 g/mol. The van der Waals surface area contributed by atoms with Crippen LogP contribution < -0.4 is 4.74 Å². The van der Waals surface area contributed by atoms with Crippen LogP contribution in [-0.4, -0.2) is 34.7 Å². The second kappa shape index (κ2) is 6.56. The van der Waals surface area contributed by atoms with E-state index in [0.29, 0.717) is 29.6 Å². The van der Waals surface area contributed by atoms with Gasteiger partial charge < -0.3 is 9.15 Å². The van der Waals surface area contributed by atoms with E-state index in [2.05, 4.69) is 10.1 Å². The van der Waals surface area contributed by atoms with Gasteiger partial charge in [0, 0.05) is 0 Å². The highest BCUT2D eigenvalue weighted by molar-refractivity contribution is 7.91. The zero-order valence-corrected chi connectivity index (χ0v) is 14.5.